The molecule has 0 saturated carbocycles. The Morgan fingerprint density at radius 3 is 2.57 bits per heavy atom. The molecule has 0 bridgehead atoms. The molecule has 0 aliphatic rings. The molecule has 0 radical (unpaired) electrons. The van der Waals surface area contributed by atoms with E-state index in [0.29, 0.717) is 6.54 Å². The monoisotopic (exact) mass is 297 g/mol. The molecule has 2 aromatic rings. The highest BCUT2D eigenvalue weighted by Crippen LogP contribution is 2.23. The van der Waals surface area contributed by atoms with Crippen LogP contribution < -0.4 is 5.32 Å². The van der Waals surface area contributed by atoms with Crippen LogP contribution in [0.3, 0.4) is 0 Å². The summed E-state index contributed by atoms with van der Waals surface area (Å²) in [5.41, 5.74) is 1.13. The van der Waals surface area contributed by atoms with Gasteiger partial charge in [0.05, 0.1) is 6.61 Å². The molecule has 5 heteroatoms. The Balaban J connectivity index is 1.89. The molecule has 2 aromatic carbocycles. The Kier molecular flexibility index (Phi) is 5.20. The van der Waals surface area contributed by atoms with Crippen LogP contribution in [-0.2, 0) is 4.74 Å². The summed E-state index contributed by atoms with van der Waals surface area (Å²) in [7, 11) is 0. The number of nitrogens with one attached hydrogen (secondary N) is 1. The summed E-state index contributed by atoms with van der Waals surface area (Å²) in [4.78, 5) is 0. The minimum Gasteiger partial charge on any atom is -0.371 e. The molecular formula is C16H18F3NO. The largest absolute Gasteiger partial charge is 0.411 e. The van der Waals surface area contributed by atoms with Gasteiger partial charge in [-0.15, -0.1) is 0 Å². The van der Waals surface area contributed by atoms with Crippen molar-refractivity contribution in [2.45, 2.75) is 19.1 Å². The van der Waals surface area contributed by atoms with Gasteiger partial charge >= 0.3 is 6.18 Å². The molecule has 0 aliphatic heterocycles. The lowest BCUT2D eigenvalue weighted by molar-refractivity contribution is -0.173. The predicted octanol–water partition coefficient (Wildman–Crippen LogP) is 4.07. The molecule has 21 heavy (non-hydrogen) atoms. The molecule has 1 unspecified atom stereocenters. The van der Waals surface area contributed by atoms with E-state index in [4.69, 9.17) is 0 Å². The minimum atomic E-state index is -4.26. The van der Waals surface area contributed by atoms with Crippen LogP contribution in [0.4, 0.5) is 13.2 Å². The fourth-order valence-corrected chi connectivity index (χ4v) is 2.27. The zero-order valence-corrected chi connectivity index (χ0v) is 11.8. The van der Waals surface area contributed by atoms with Gasteiger partial charge in [-0.3, -0.25) is 0 Å². The molecule has 0 saturated heterocycles. The Bertz CT molecular complexity index is 578. The molecule has 0 aliphatic carbocycles. The normalized spacial score (nSPS) is 13.5. The molecule has 1 atom stereocenters. The summed E-state index contributed by atoms with van der Waals surface area (Å²) in [6.45, 7) is 1.21. The SMILES string of the molecule is CC(NCCOCC(F)(F)F)c1cccc2ccccc12. The molecular weight excluding hydrogens is 279 g/mol. The van der Waals surface area contributed by atoms with E-state index in [1.165, 1.54) is 0 Å². The molecule has 2 rings (SSSR count). The summed E-state index contributed by atoms with van der Waals surface area (Å²) in [5.74, 6) is 0. The number of rotatable bonds is 6. The van der Waals surface area contributed by atoms with Crippen molar-refractivity contribution in [3.63, 3.8) is 0 Å². The second kappa shape index (κ2) is 6.91. The van der Waals surface area contributed by atoms with Gasteiger partial charge in [-0.25, -0.2) is 0 Å². The van der Waals surface area contributed by atoms with Gasteiger partial charge in [-0.1, -0.05) is 42.5 Å². The van der Waals surface area contributed by atoms with Gasteiger partial charge in [0.15, 0.2) is 0 Å². The van der Waals surface area contributed by atoms with Crippen LogP contribution in [0.5, 0.6) is 0 Å². The summed E-state index contributed by atoms with van der Waals surface area (Å²) in [6, 6.07) is 14.1. The third-order valence-corrected chi connectivity index (χ3v) is 3.25. The van der Waals surface area contributed by atoms with Crippen molar-refractivity contribution in [2.24, 2.45) is 0 Å². The Morgan fingerprint density at radius 1 is 1.10 bits per heavy atom. The molecule has 114 valence electrons. The average molecular weight is 297 g/mol. The summed E-state index contributed by atoms with van der Waals surface area (Å²) < 4.78 is 40.4. The quantitative estimate of drug-likeness (QED) is 0.812. The number of alkyl halides is 3. The van der Waals surface area contributed by atoms with Crippen LogP contribution in [-0.4, -0.2) is 25.9 Å². The van der Waals surface area contributed by atoms with Crippen molar-refractivity contribution < 1.29 is 17.9 Å². The van der Waals surface area contributed by atoms with Gasteiger partial charge in [-0.05, 0) is 23.3 Å². The standard InChI is InChI=1S/C16H18F3NO/c1-12(20-9-10-21-11-16(17,18)19)14-8-4-6-13-5-2-3-7-15(13)14/h2-8,12,20H,9-11H2,1H3. The first-order valence-corrected chi connectivity index (χ1v) is 6.83. The maximum atomic E-state index is 11.9. The molecule has 0 amide bonds. The van der Waals surface area contributed by atoms with Crippen molar-refractivity contribution in [3.8, 4) is 0 Å². The van der Waals surface area contributed by atoms with Gasteiger partial charge in [0.1, 0.15) is 6.61 Å². The minimum absolute atomic E-state index is 0.0363. The lowest BCUT2D eigenvalue weighted by Crippen LogP contribution is -2.26. The number of hydrogen-bond donors (Lipinski definition) is 1. The van der Waals surface area contributed by atoms with Crippen LogP contribution >= 0.6 is 0 Å². The number of fused-ring (bicyclic) bond motifs is 1. The first kappa shape index (κ1) is 15.8. The van der Waals surface area contributed by atoms with E-state index >= 15 is 0 Å². The van der Waals surface area contributed by atoms with Crippen LogP contribution in [0.2, 0.25) is 0 Å². The Hall–Kier alpha value is -1.59. The third kappa shape index (κ3) is 4.72. The molecule has 2 nitrogen and oxygen atoms in total. The molecule has 1 N–H and O–H groups in total. The number of hydrogen-bond acceptors (Lipinski definition) is 2. The van der Waals surface area contributed by atoms with E-state index in [1.54, 1.807) is 0 Å². The third-order valence-electron chi connectivity index (χ3n) is 3.25. The van der Waals surface area contributed by atoms with Crippen molar-refractivity contribution in [2.75, 3.05) is 19.8 Å². The second-order valence-electron chi connectivity index (χ2n) is 4.91. The smallest absolute Gasteiger partial charge is 0.371 e. The van der Waals surface area contributed by atoms with Crippen LogP contribution in [0.1, 0.15) is 18.5 Å². The van der Waals surface area contributed by atoms with Gasteiger partial charge in [0, 0.05) is 12.6 Å². The van der Waals surface area contributed by atoms with Gasteiger partial charge in [0.2, 0.25) is 0 Å². The van der Waals surface area contributed by atoms with Crippen LogP contribution in [0.15, 0.2) is 42.5 Å². The molecule has 0 heterocycles. The number of halogens is 3. The highest BCUT2D eigenvalue weighted by atomic mass is 19.4. The maximum absolute atomic E-state index is 11.9. The maximum Gasteiger partial charge on any atom is 0.411 e. The van der Waals surface area contributed by atoms with E-state index in [1.807, 2.05) is 49.4 Å². The first-order chi connectivity index (χ1) is 9.97. The van der Waals surface area contributed by atoms with Crippen molar-refractivity contribution in [1.82, 2.24) is 5.32 Å². The average Bonchev–Trinajstić information content (AvgIpc) is 2.45. The van der Waals surface area contributed by atoms with E-state index in [2.05, 4.69) is 10.1 Å². The summed E-state index contributed by atoms with van der Waals surface area (Å²) in [6.07, 6.45) is -4.26. The Morgan fingerprint density at radius 2 is 1.81 bits per heavy atom. The summed E-state index contributed by atoms with van der Waals surface area (Å²) >= 11 is 0. The molecule has 0 aromatic heterocycles. The number of benzene rings is 2. The van der Waals surface area contributed by atoms with Crippen molar-refractivity contribution in [3.05, 3.63) is 48.0 Å². The lowest BCUT2D eigenvalue weighted by Gasteiger charge is -2.17. The highest BCUT2D eigenvalue weighted by molar-refractivity contribution is 5.86. The molecule has 0 fully saturated rings. The summed E-state index contributed by atoms with van der Waals surface area (Å²) in [5, 5.41) is 5.48. The topological polar surface area (TPSA) is 21.3 Å². The highest BCUT2D eigenvalue weighted by Gasteiger charge is 2.27. The van der Waals surface area contributed by atoms with E-state index in [-0.39, 0.29) is 12.6 Å². The second-order valence-corrected chi connectivity index (χ2v) is 4.91. The lowest BCUT2D eigenvalue weighted by atomic mass is 10.00. The Labute approximate surface area is 121 Å². The fraction of sp³-hybridized carbons (Fsp3) is 0.375. The van der Waals surface area contributed by atoms with E-state index in [9.17, 15) is 13.2 Å². The number of ether oxygens (including phenoxy) is 1. The van der Waals surface area contributed by atoms with Gasteiger partial charge < -0.3 is 10.1 Å². The van der Waals surface area contributed by atoms with Crippen molar-refractivity contribution in [1.29, 1.82) is 0 Å². The van der Waals surface area contributed by atoms with E-state index < -0.39 is 12.8 Å². The van der Waals surface area contributed by atoms with Crippen molar-refractivity contribution >= 4 is 10.8 Å². The van der Waals surface area contributed by atoms with Crippen LogP contribution in [0, 0.1) is 0 Å². The van der Waals surface area contributed by atoms with Gasteiger partial charge in [-0.2, -0.15) is 13.2 Å². The first-order valence-electron chi connectivity index (χ1n) is 6.83. The molecule has 0 spiro atoms. The van der Waals surface area contributed by atoms with Gasteiger partial charge in [0.25, 0.3) is 0 Å². The van der Waals surface area contributed by atoms with Crippen LogP contribution in [0.25, 0.3) is 10.8 Å². The fourth-order valence-electron chi connectivity index (χ4n) is 2.27. The zero-order chi connectivity index (χ0) is 15.3. The van der Waals surface area contributed by atoms with E-state index in [0.717, 1.165) is 16.3 Å². The predicted molar refractivity (Wildman–Crippen MR) is 77.2 cm³/mol. The zero-order valence-electron chi connectivity index (χ0n) is 11.8.